The highest BCUT2D eigenvalue weighted by Gasteiger charge is 2.22. The lowest BCUT2D eigenvalue weighted by atomic mass is 9.97. The summed E-state index contributed by atoms with van der Waals surface area (Å²) in [6.45, 7) is 0. The second-order valence-corrected chi connectivity index (χ2v) is 6.58. The Morgan fingerprint density at radius 3 is 3.11 bits per heavy atom. The van der Waals surface area contributed by atoms with E-state index in [0.717, 1.165) is 34.0 Å². The number of hydrogen-bond acceptors (Lipinski definition) is 5. The summed E-state index contributed by atoms with van der Waals surface area (Å²) >= 11 is 3.27. The highest BCUT2D eigenvalue weighted by molar-refractivity contribution is 7.99. The molecule has 0 spiro atoms. The Morgan fingerprint density at radius 1 is 1.28 bits per heavy atom. The van der Waals surface area contributed by atoms with E-state index in [-0.39, 0.29) is 5.56 Å². The maximum Gasteiger partial charge on any atom is 0.283 e. The summed E-state index contributed by atoms with van der Waals surface area (Å²) < 4.78 is 1.46. The topological polar surface area (TPSA) is 47.2 Å². The minimum Gasteiger partial charge on any atom is -0.267 e. The molecule has 2 aromatic heterocycles. The molecule has 1 aliphatic carbocycles. The van der Waals surface area contributed by atoms with Gasteiger partial charge in [0.25, 0.3) is 5.56 Å². The first-order valence-electron chi connectivity index (χ1n) is 6.07. The highest BCUT2D eigenvalue weighted by atomic mass is 32.2. The van der Waals surface area contributed by atoms with Crippen LogP contribution >= 0.6 is 23.1 Å². The number of thiophene rings is 1. The molecule has 0 N–H and O–H groups in total. The van der Waals surface area contributed by atoms with Gasteiger partial charge in [0.2, 0.25) is 0 Å². The molecule has 0 unspecified atom stereocenters. The maximum absolute atomic E-state index is 12.5. The van der Waals surface area contributed by atoms with Gasteiger partial charge in [-0.25, -0.2) is 4.98 Å². The van der Waals surface area contributed by atoms with E-state index in [2.05, 4.69) is 10.1 Å². The second-order valence-electron chi connectivity index (χ2n) is 4.51. The fourth-order valence-electron chi connectivity index (χ4n) is 2.60. The molecule has 2 aliphatic rings. The van der Waals surface area contributed by atoms with Crippen molar-refractivity contribution in [2.24, 2.45) is 5.10 Å². The zero-order valence-electron chi connectivity index (χ0n) is 9.68. The summed E-state index contributed by atoms with van der Waals surface area (Å²) in [4.78, 5) is 19.4. The Labute approximate surface area is 112 Å². The predicted molar refractivity (Wildman–Crippen MR) is 75.1 cm³/mol. The van der Waals surface area contributed by atoms with Gasteiger partial charge in [-0.3, -0.25) is 4.79 Å². The Balaban J connectivity index is 2.11. The van der Waals surface area contributed by atoms with E-state index in [9.17, 15) is 4.79 Å². The first-order chi connectivity index (χ1) is 8.84. The van der Waals surface area contributed by atoms with E-state index in [1.165, 1.54) is 28.0 Å². The largest absolute Gasteiger partial charge is 0.283 e. The fourth-order valence-corrected chi connectivity index (χ4v) is 4.61. The van der Waals surface area contributed by atoms with Crippen molar-refractivity contribution in [3.8, 4) is 0 Å². The SMILES string of the molecule is O=c1c2c3c(sc2nc2n1N=CCS2)CCCC3. The second kappa shape index (κ2) is 3.93. The molecular weight excluding hydrogens is 266 g/mol. The van der Waals surface area contributed by atoms with Crippen LogP contribution in [0.5, 0.6) is 0 Å². The number of rotatable bonds is 0. The molecule has 0 bridgehead atoms. The third kappa shape index (κ3) is 1.42. The molecule has 18 heavy (non-hydrogen) atoms. The van der Waals surface area contributed by atoms with Crippen molar-refractivity contribution < 1.29 is 0 Å². The molecule has 0 amide bonds. The van der Waals surface area contributed by atoms with Gasteiger partial charge < -0.3 is 0 Å². The lowest BCUT2D eigenvalue weighted by molar-refractivity contribution is 0.689. The molecule has 6 heteroatoms. The van der Waals surface area contributed by atoms with Gasteiger partial charge in [-0.2, -0.15) is 9.78 Å². The van der Waals surface area contributed by atoms with Crippen LogP contribution in [0.2, 0.25) is 0 Å². The van der Waals surface area contributed by atoms with Gasteiger partial charge in [0.1, 0.15) is 4.83 Å². The maximum atomic E-state index is 12.5. The zero-order chi connectivity index (χ0) is 12.1. The lowest BCUT2D eigenvalue weighted by Crippen LogP contribution is -2.22. The van der Waals surface area contributed by atoms with Crippen molar-refractivity contribution in [2.45, 2.75) is 30.8 Å². The van der Waals surface area contributed by atoms with E-state index < -0.39 is 0 Å². The smallest absolute Gasteiger partial charge is 0.267 e. The van der Waals surface area contributed by atoms with Crippen molar-refractivity contribution in [1.29, 1.82) is 0 Å². The average molecular weight is 277 g/mol. The van der Waals surface area contributed by atoms with Gasteiger partial charge in [-0.15, -0.1) is 11.3 Å². The summed E-state index contributed by atoms with van der Waals surface area (Å²) in [6.07, 6.45) is 6.29. The number of fused-ring (bicyclic) bond motifs is 4. The van der Waals surface area contributed by atoms with E-state index in [0.29, 0.717) is 0 Å². The third-order valence-corrected chi connectivity index (χ3v) is 5.45. The van der Waals surface area contributed by atoms with Crippen molar-refractivity contribution in [1.82, 2.24) is 9.66 Å². The normalized spacial score (nSPS) is 17.8. The minimum absolute atomic E-state index is 0.0119. The summed E-state index contributed by atoms with van der Waals surface area (Å²) in [5, 5.41) is 5.72. The third-order valence-electron chi connectivity index (χ3n) is 3.42. The summed E-state index contributed by atoms with van der Waals surface area (Å²) in [5.74, 6) is 0.795. The van der Waals surface area contributed by atoms with Gasteiger partial charge >= 0.3 is 0 Å². The Hall–Kier alpha value is -1.14. The Kier molecular flexibility index (Phi) is 2.35. The lowest BCUT2D eigenvalue weighted by Gasteiger charge is -2.11. The molecule has 2 aromatic rings. The van der Waals surface area contributed by atoms with Crippen LogP contribution in [0.3, 0.4) is 0 Å². The molecule has 1 aliphatic heterocycles. The fraction of sp³-hybridized carbons (Fsp3) is 0.417. The van der Waals surface area contributed by atoms with Crippen LogP contribution in [-0.4, -0.2) is 21.6 Å². The number of hydrogen-bond donors (Lipinski definition) is 0. The number of aromatic nitrogens is 2. The molecule has 0 aromatic carbocycles. The van der Waals surface area contributed by atoms with Gasteiger partial charge in [-0.1, -0.05) is 11.8 Å². The zero-order valence-corrected chi connectivity index (χ0v) is 11.3. The Bertz CT molecular complexity index is 729. The molecule has 0 saturated heterocycles. The van der Waals surface area contributed by atoms with E-state index >= 15 is 0 Å². The molecule has 4 nitrogen and oxygen atoms in total. The summed E-state index contributed by atoms with van der Waals surface area (Å²) in [7, 11) is 0. The minimum atomic E-state index is 0.0119. The van der Waals surface area contributed by atoms with Gasteiger partial charge in [-0.05, 0) is 31.2 Å². The summed E-state index contributed by atoms with van der Waals surface area (Å²) in [6, 6.07) is 0. The van der Waals surface area contributed by atoms with E-state index in [4.69, 9.17) is 0 Å². The van der Waals surface area contributed by atoms with Crippen LogP contribution in [0.4, 0.5) is 0 Å². The molecule has 0 fully saturated rings. The molecule has 92 valence electrons. The van der Waals surface area contributed by atoms with Crippen LogP contribution in [-0.2, 0) is 12.8 Å². The van der Waals surface area contributed by atoms with Crippen LogP contribution in [0.1, 0.15) is 23.3 Å². The summed E-state index contributed by atoms with van der Waals surface area (Å²) in [5.41, 5.74) is 1.25. The van der Waals surface area contributed by atoms with Crippen LogP contribution in [0.25, 0.3) is 10.2 Å². The first kappa shape index (κ1) is 10.8. The van der Waals surface area contributed by atoms with E-state index in [1.54, 1.807) is 29.3 Å². The Morgan fingerprint density at radius 2 is 2.17 bits per heavy atom. The quantitative estimate of drug-likeness (QED) is 0.694. The van der Waals surface area contributed by atoms with Crippen molar-refractivity contribution in [3.05, 3.63) is 20.8 Å². The molecule has 4 rings (SSSR count). The van der Waals surface area contributed by atoms with Crippen molar-refractivity contribution >= 4 is 39.5 Å². The number of aryl methyl sites for hydroxylation is 2. The molecule has 0 radical (unpaired) electrons. The van der Waals surface area contributed by atoms with Crippen molar-refractivity contribution in [3.63, 3.8) is 0 Å². The monoisotopic (exact) mass is 277 g/mol. The average Bonchev–Trinajstić information content (AvgIpc) is 2.77. The van der Waals surface area contributed by atoms with Crippen LogP contribution < -0.4 is 5.56 Å². The number of thioether (sulfide) groups is 1. The van der Waals surface area contributed by atoms with Crippen molar-refractivity contribution in [2.75, 3.05) is 5.75 Å². The standard InChI is InChI=1S/C12H11N3OS2/c16-11-9-7-3-1-2-4-8(7)18-10(9)14-12-15(11)13-5-6-17-12/h5H,1-4,6H2. The van der Waals surface area contributed by atoms with Gasteiger partial charge in [0.05, 0.1) is 5.39 Å². The van der Waals surface area contributed by atoms with Gasteiger partial charge in [0, 0.05) is 16.8 Å². The molecule has 3 heterocycles. The predicted octanol–water partition coefficient (Wildman–Crippen LogP) is 2.28. The first-order valence-corrected chi connectivity index (χ1v) is 7.88. The van der Waals surface area contributed by atoms with E-state index in [1.807, 2.05) is 0 Å². The van der Waals surface area contributed by atoms with Crippen LogP contribution in [0.15, 0.2) is 15.1 Å². The number of nitrogens with zero attached hydrogens (tertiary/aromatic N) is 3. The molecule has 0 atom stereocenters. The molecular formula is C12H11N3OS2. The van der Waals surface area contributed by atoms with Gasteiger partial charge in [0.15, 0.2) is 5.16 Å². The van der Waals surface area contributed by atoms with Crippen LogP contribution in [0, 0.1) is 0 Å². The highest BCUT2D eigenvalue weighted by Crippen LogP contribution is 2.34. The molecule has 0 saturated carbocycles.